The third kappa shape index (κ3) is 5.05. The van der Waals surface area contributed by atoms with Gasteiger partial charge in [0.25, 0.3) is 0 Å². The van der Waals surface area contributed by atoms with Crippen LogP contribution in [0.15, 0.2) is 24.3 Å². The molecule has 0 radical (unpaired) electrons. The van der Waals surface area contributed by atoms with E-state index >= 15 is 0 Å². The summed E-state index contributed by atoms with van der Waals surface area (Å²) in [6, 6.07) is 5.06. The van der Waals surface area contributed by atoms with Crippen LogP contribution >= 0.6 is 0 Å². The molecule has 1 aliphatic heterocycles. The molecular weight excluding hydrogens is 407 g/mol. The number of fused-ring (bicyclic) bond motifs is 1. The maximum absolute atomic E-state index is 12.8. The van der Waals surface area contributed by atoms with Crippen molar-refractivity contribution in [3.8, 4) is 0 Å². The maximum Gasteiger partial charge on any atom is 0.416 e. The Morgan fingerprint density at radius 1 is 1.19 bits per heavy atom. The van der Waals surface area contributed by atoms with Crippen molar-refractivity contribution in [3.05, 3.63) is 29.8 Å². The van der Waals surface area contributed by atoms with Gasteiger partial charge in [0, 0.05) is 30.7 Å². The molecule has 2 unspecified atom stereocenters. The fourth-order valence-corrected chi connectivity index (χ4v) is 5.48. The second kappa shape index (κ2) is 8.11. The lowest BCUT2D eigenvalue weighted by Gasteiger charge is -2.40. The van der Waals surface area contributed by atoms with E-state index in [-0.39, 0.29) is 24.1 Å². The zero-order valence-electron chi connectivity index (χ0n) is 18.0. The number of carbonyl (C=O) groups is 2. The standard InChI is InChI=1S/C23H30F3N3O2/c1-22(2)8-4-7-16(10-22)29-12-17-18(13-29)20(17)21(31)27-11-19(30)28-15-6-3-5-14(9-15)23(24,25)26/h3,5-6,9,16-18,20H,4,7-8,10-13H2,1-2H3,(H,27,31)(H,28,30)/t16?,17-,18+,20?. The Balaban J connectivity index is 1.21. The number of likely N-dealkylation sites (tertiary alicyclic amines) is 1. The minimum Gasteiger partial charge on any atom is -0.347 e. The van der Waals surface area contributed by atoms with Gasteiger partial charge in [-0.3, -0.25) is 14.5 Å². The van der Waals surface area contributed by atoms with Crippen molar-refractivity contribution in [2.45, 2.75) is 51.7 Å². The number of halogens is 3. The number of benzene rings is 1. The maximum atomic E-state index is 12.8. The largest absolute Gasteiger partial charge is 0.416 e. The lowest BCUT2D eigenvalue weighted by Crippen LogP contribution is -2.42. The van der Waals surface area contributed by atoms with Gasteiger partial charge in [0.15, 0.2) is 0 Å². The van der Waals surface area contributed by atoms with E-state index in [4.69, 9.17) is 0 Å². The first-order valence-electron chi connectivity index (χ1n) is 11.0. The SMILES string of the molecule is CC1(C)CCCC(N2C[C@@H]3C(C(=O)NCC(=O)Nc4cccc(C(F)(F)F)c4)[C@@H]3C2)C1. The van der Waals surface area contributed by atoms with Crippen molar-refractivity contribution >= 4 is 17.5 Å². The number of anilines is 1. The summed E-state index contributed by atoms with van der Waals surface area (Å²) >= 11 is 0. The highest BCUT2D eigenvalue weighted by Gasteiger charge is 2.60. The molecule has 0 spiro atoms. The molecule has 4 atom stereocenters. The number of rotatable bonds is 5. The van der Waals surface area contributed by atoms with E-state index in [0.29, 0.717) is 23.3 Å². The van der Waals surface area contributed by atoms with Gasteiger partial charge >= 0.3 is 6.18 Å². The molecule has 0 aromatic heterocycles. The summed E-state index contributed by atoms with van der Waals surface area (Å²) in [7, 11) is 0. The van der Waals surface area contributed by atoms with Crippen LogP contribution in [0.25, 0.3) is 0 Å². The lowest BCUT2D eigenvalue weighted by molar-refractivity contribution is -0.137. The summed E-state index contributed by atoms with van der Waals surface area (Å²) in [4.78, 5) is 27.1. The molecular formula is C23H30F3N3O2. The molecule has 1 aromatic rings. The molecule has 1 heterocycles. The summed E-state index contributed by atoms with van der Waals surface area (Å²) in [6.07, 6.45) is 0.501. The first-order valence-corrected chi connectivity index (χ1v) is 11.0. The summed E-state index contributed by atoms with van der Waals surface area (Å²) in [5.74, 6) is 0.00436. The Labute approximate surface area is 180 Å². The average molecular weight is 438 g/mol. The van der Waals surface area contributed by atoms with Gasteiger partial charge in [-0.1, -0.05) is 26.3 Å². The molecule has 31 heavy (non-hydrogen) atoms. The predicted molar refractivity (Wildman–Crippen MR) is 111 cm³/mol. The van der Waals surface area contributed by atoms with Crippen LogP contribution in [-0.4, -0.2) is 42.4 Å². The van der Waals surface area contributed by atoms with Gasteiger partial charge in [-0.2, -0.15) is 13.2 Å². The van der Waals surface area contributed by atoms with Crippen LogP contribution < -0.4 is 10.6 Å². The second-order valence-corrected chi connectivity index (χ2v) is 10.1. The Bertz CT molecular complexity index is 843. The van der Waals surface area contributed by atoms with Crippen LogP contribution in [0.1, 0.15) is 45.1 Å². The Morgan fingerprint density at radius 3 is 2.55 bits per heavy atom. The smallest absolute Gasteiger partial charge is 0.347 e. The highest BCUT2D eigenvalue weighted by Crippen LogP contribution is 2.53. The molecule has 2 amide bonds. The highest BCUT2D eigenvalue weighted by molar-refractivity contribution is 5.95. The van der Waals surface area contributed by atoms with Crippen molar-refractivity contribution in [1.82, 2.24) is 10.2 Å². The van der Waals surface area contributed by atoms with E-state index < -0.39 is 17.6 Å². The van der Waals surface area contributed by atoms with Crippen molar-refractivity contribution in [3.63, 3.8) is 0 Å². The van der Waals surface area contributed by atoms with E-state index in [1.54, 1.807) is 0 Å². The van der Waals surface area contributed by atoms with Crippen LogP contribution in [0.3, 0.4) is 0 Å². The Hall–Kier alpha value is -2.09. The Morgan fingerprint density at radius 2 is 1.90 bits per heavy atom. The van der Waals surface area contributed by atoms with Gasteiger partial charge in [-0.05, 0) is 54.7 Å². The summed E-state index contributed by atoms with van der Waals surface area (Å²) < 4.78 is 38.3. The number of piperidine rings is 1. The van der Waals surface area contributed by atoms with E-state index in [0.717, 1.165) is 25.2 Å². The topological polar surface area (TPSA) is 61.4 Å². The molecule has 2 N–H and O–H groups in total. The second-order valence-electron chi connectivity index (χ2n) is 10.1. The predicted octanol–water partition coefficient (Wildman–Crippen LogP) is 3.91. The molecule has 1 saturated heterocycles. The summed E-state index contributed by atoms with van der Waals surface area (Å²) in [5.41, 5.74) is -0.381. The number of amides is 2. The van der Waals surface area contributed by atoms with Gasteiger partial charge in [0.05, 0.1) is 12.1 Å². The normalized spacial score (nSPS) is 29.8. The number of hydrogen-bond donors (Lipinski definition) is 2. The van der Waals surface area contributed by atoms with E-state index in [1.165, 1.54) is 37.8 Å². The molecule has 2 aliphatic carbocycles. The molecule has 2 saturated carbocycles. The van der Waals surface area contributed by atoms with Crippen molar-refractivity contribution in [2.75, 3.05) is 25.0 Å². The molecule has 3 aliphatic rings. The number of nitrogens with zero attached hydrogens (tertiary/aromatic N) is 1. The molecule has 4 rings (SSSR count). The van der Waals surface area contributed by atoms with Crippen LogP contribution in [0.5, 0.6) is 0 Å². The summed E-state index contributed by atoms with van der Waals surface area (Å²) in [5, 5.41) is 5.07. The van der Waals surface area contributed by atoms with Gasteiger partial charge in [-0.15, -0.1) is 0 Å². The van der Waals surface area contributed by atoms with Crippen LogP contribution in [0.2, 0.25) is 0 Å². The monoisotopic (exact) mass is 437 g/mol. The third-order valence-corrected chi connectivity index (χ3v) is 7.12. The zero-order valence-corrected chi connectivity index (χ0v) is 18.0. The number of hydrogen-bond acceptors (Lipinski definition) is 3. The average Bonchev–Trinajstić information content (AvgIpc) is 3.18. The number of carbonyl (C=O) groups excluding carboxylic acids is 2. The van der Waals surface area contributed by atoms with E-state index in [1.807, 2.05) is 0 Å². The van der Waals surface area contributed by atoms with Gasteiger partial charge in [-0.25, -0.2) is 0 Å². The highest BCUT2D eigenvalue weighted by atomic mass is 19.4. The summed E-state index contributed by atoms with van der Waals surface area (Å²) in [6.45, 7) is 6.30. The first-order chi connectivity index (χ1) is 14.5. The van der Waals surface area contributed by atoms with Crippen molar-refractivity contribution in [2.24, 2.45) is 23.2 Å². The minimum absolute atomic E-state index is 0.0470. The lowest BCUT2D eigenvalue weighted by atomic mass is 9.74. The number of alkyl halides is 3. The molecule has 5 nitrogen and oxygen atoms in total. The van der Waals surface area contributed by atoms with Crippen molar-refractivity contribution < 1.29 is 22.8 Å². The molecule has 3 fully saturated rings. The quantitative estimate of drug-likeness (QED) is 0.734. The molecule has 8 heteroatoms. The fraction of sp³-hybridized carbons (Fsp3) is 0.652. The van der Waals surface area contributed by atoms with E-state index in [9.17, 15) is 22.8 Å². The van der Waals surface area contributed by atoms with Crippen molar-refractivity contribution in [1.29, 1.82) is 0 Å². The fourth-order valence-electron chi connectivity index (χ4n) is 5.48. The van der Waals surface area contributed by atoms with Crippen LogP contribution in [-0.2, 0) is 15.8 Å². The first kappa shape index (κ1) is 22.1. The molecule has 1 aromatic carbocycles. The zero-order chi connectivity index (χ0) is 22.4. The number of nitrogens with one attached hydrogen (secondary N) is 2. The van der Waals surface area contributed by atoms with E-state index in [2.05, 4.69) is 29.4 Å². The third-order valence-electron chi connectivity index (χ3n) is 7.12. The van der Waals surface area contributed by atoms with Gasteiger partial charge in [0.1, 0.15) is 0 Å². The van der Waals surface area contributed by atoms with Crippen LogP contribution in [0.4, 0.5) is 18.9 Å². The van der Waals surface area contributed by atoms with Gasteiger partial charge < -0.3 is 10.6 Å². The molecule has 0 bridgehead atoms. The van der Waals surface area contributed by atoms with Gasteiger partial charge in [0.2, 0.25) is 11.8 Å². The Kier molecular flexibility index (Phi) is 5.79. The van der Waals surface area contributed by atoms with Crippen LogP contribution in [0, 0.1) is 23.2 Å². The minimum atomic E-state index is -4.47. The molecule has 170 valence electrons.